The second-order valence-corrected chi connectivity index (χ2v) is 7.15. The molecule has 1 aliphatic heterocycles. The molecule has 5 rings (SSSR count). The van der Waals surface area contributed by atoms with E-state index in [1.165, 1.54) is 0 Å². The Morgan fingerprint density at radius 2 is 2.07 bits per heavy atom. The number of alkyl halides is 1. The molecule has 2 N–H and O–H groups in total. The van der Waals surface area contributed by atoms with Gasteiger partial charge in [-0.1, -0.05) is 0 Å². The van der Waals surface area contributed by atoms with E-state index in [1.54, 1.807) is 7.11 Å². The average molecular weight is 380 g/mol. The third-order valence-electron chi connectivity index (χ3n) is 5.34. The van der Waals surface area contributed by atoms with Crippen molar-refractivity contribution in [1.82, 2.24) is 9.97 Å². The second-order valence-electron chi connectivity index (χ2n) is 6.84. The summed E-state index contributed by atoms with van der Waals surface area (Å²) in [6.45, 7) is 0.584. The number of aromatic amines is 2. The van der Waals surface area contributed by atoms with Crippen LogP contribution in [0.1, 0.15) is 22.0 Å². The molecule has 2 aromatic carbocycles. The fraction of sp³-hybridized carbons (Fsp3) is 0.190. The smallest absolute Gasteiger partial charge is 0.274 e. The van der Waals surface area contributed by atoms with Crippen LogP contribution in [-0.4, -0.2) is 35.4 Å². The number of rotatable bonds is 3. The third-order valence-corrected chi connectivity index (χ3v) is 5.72. The SMILES string of the molecule is COc1ccc2[nH]c(C(=O)N3C[C@@H](CCl)c4c3ccc3[nH]ccc43)cc2c1. The standard InChI is InChI=1S/C21H18ClN3O2/c1-27-14-2-3-16-12(8-14)9-18(24-16)21(26)25-11-13(10-22)20-15-6-7-23-17(15)4-5-19(20)25/h2-9,13,23-24H,10-11H2,1H3/t13-/m1/s1. The number of carbonyl (C=O) groups is 1. The monoisotopic (exact) mass is 379 g/mol. The molecule has 1 aliphatic rings. The first-order valence-electron chi connectivity index (χ1n) is 8.84. The van der Waals surface area contributed by atoms with Gasteiger partial charge in [-0.25, -0.2) is 0 Å². The van der Waals surface area contributed by atoms with Crippen molar-refractivity contribution in [2.24, 2.45) is 0 Å². The van der Waals surface area contributed by atoms with Crippen LogP contribution in [0.4, 0.5) is 5.69 Å². The van der Waals surface area contributed by atoms with Crippen molar-refractivity contribution in [1.29, 1.82) is 0 Å². The van der Waals surface area contributed by atoms with E-state index in [4.69, 9.17) is 16.3 Å². The number of ether oxygens (including phenoxy) is 1. The van der Waals surface area contributed by atoms with Crippen LogP contribution in [0.25, 0.3) is 21.8 Å². The summed E-state index contributed by atoms with van der Waals surface area (Å²) in [7, 11) is 1.63. The highest BCUT2D eigenvalue weighted by Crippen LogP contribution is 2.42. The lowest BCUT2D eigenvalue weighted by Gasteiger charge is -2.16. The molecule has 0 bridgehead atoms. The van der Waals surface area contributed by atoms with Crippen molar-refractivity contribution in [3.8, 4) is 5.75 Å². The Bertz CT molecular complexity index is 1180. The molecule has 27 heavy (non-hydrogen) atoms. The maximum atomic E-state index is 13.3. The molecule has 0 spiro atoms. The highest BCUT2D eigenvalue weighted by Gasteiger charge is 2.34. The molecular formula is C21H18ClN3O2. The van der Waals surface area contributed by atoms with Gasteiger partial charge < -0.3 is 19.6 Å². The first kappa shape index (κ1) is 16.3. The zero-order chi connectivity index (χ0) is 18.5. The van der Waals surface area contributed by atoms with E-state index in [1.807, 2.05) is 47.5 Å². The van der Waals surface area contributed by atoms with Crippen molar-refractivity contribution in [2.75, 3.05) is 24.4 Å². The first-order valence-corrected chi connectivity index (χ1v) is 9.37. The number of hydrogen-bond acceptors (Lipinski definition) is 2. The number of amides is 1. The summed E-state index contributed by atoms with van der Waals surface area (Å²) in [6.07, 6.45) is 1.92. The number of halogens is 1. The number of methoxy groups -OCH3 is 1. The van der Waals surface area contributed by atoms with Gasteiger partial charge in [-0.3, -0.25) is 4.79 Å². The van der Waals surface area contributed by atoms with E-state index in [0.29, 0.717) is 18.1 Å². The summed E-state index contributed by atoms with van der Waals surface area (Å²) in [5.41, 5.74) is 4.63. The highest BCUT2D eigenvalue weighted by molar-refractivity contribution is 6.19. The Morgan fingerprint density at radius 3 is 2.89 bits per heavy atom. The van der Waals surface area contributed by atoms with Gasteiger partial charge in [0.1, 0.15) is 11.4 Å². The minimum Gasteiger partial charge on any atom is -0.497 e. The van der Waals surface area contributed by atoms with Gasteiger partial charge in [-0.15, -0.1) is 11.6 Å². The Morgan fingerprint density at radius 1 is 1.22 bits per heavy atom. The van der Waals surface area contributed by atoms with Crippen molar-refractivity contribution in [3.05, 3.63) is 59.9 Å². The maximum absolute atomic E-state index is 13.3. The number of nitrogens with zero attached hydrogens (tertiary/aromatic N) is 1. The van der Waals surface area contributed by atoms with E-state index >= 15 is 0 Å². The van der Waals surface area contributed by atoms with Crippen LogP contribution in [0, 0.1) is 0 Å². The molecule has 1 atom stereocenters. The molecule has 5 nitrogen and oxygen atoms in total. The predicted molar refractivity (Wildman–Crippen MR) is 108 cm³/mol. The van der Waals surface area contributed by atoms with Gasteiger partial charge in [0.25, 0.3) is 5.91 Å². The van der Waals surface area contributed by atoms with Gasteiger partial charge in [0.15, 0.2) is 0 Å². The lowest BCUT2D eigenvalue weighted by atomic mass is 9.99. The van der Waals surface area contributed by atoms with E-state index < -0.39 is 0 Å². The van der Waals surface area contributed by atoms with Gasteiger partial charge in [0.05, 0.1) is 7.11 Å². The van der Waals surface area contributed by atoms with Gasteiger partial charge in [-0.05, 0) is 48.0 Å². The number of carbonyl (C=O) groups excluding carboxylic acids is 1. The minimum atomic E-state index is -0.0473. The molecule has 0 aliphatic carbocycles. The zero-order valence-corrected chi connectivity index (χ0v) is 15.5. The average Bonchev–Trinajstić information content (AvgIpc) is 3.41. The number of H-pyrrole nitrogens is 2. The number of fused-ring (bicyclic) bond motifs is 4. The van der Waals surface area contributed by atoms with Crippen LogP contribution in [0.5, 0.6) is 5.75 Å². The summed E-state index contributed by atoms with van der Waals surface area (Å²) in [4.78, 5) is 21.6. The molecule has 4 aromatic rings. The molecule has 2 aromatic heterocycles. The highest BCUT2D eigenvalue weighted by atomic mass is 35.5. The van der Waals surface area contributed by atoms with Gasteiger partial charge in [-0.2, -0.15) is 0 Å². The van der Waals surface area contributed by atoms with Crippen molar-refractivity contribution in [2.45, 2.75) is 5.92 Å². The number of hydrogen-bond donors (Lipinski definition) is 2. The number of aromatic nitrogens is 2. The summed E-state index contributed by atoms with van der Waals surface area (Å²) >= 11 is 6.25. The minimum absolute atomic E-state index is 0.0473. The van der Waals surface area contributed by atoms with E-state index in [9.17, 15) is 4.79 Å². The quantitative estimate of drug-likeness (QED) is 0.509. The molecule has 0 saturated heterocycles. The van der Waals surface area contributed by atoms with Crippen molar-refractivity contribution < 1.29 is 9.53 Å². The number of anilines is 1. The molecule has 0 saturated carbocycles. The fourth-order valence-electron chi connectivity index (χ4n) is 4.04. The van der Waals surface area contributed by atoms with Crippen LogP contribution < -0.4 is 9.64 Å². The van der Waals surface area contributed by atoms with Crippen LogP contribution in [0.3, 0.4) is 0 Å². The van der Waals surface area contributed by atoms with E-state index in [2.05, 4.69) is 16.0 Å². The number of nitrogens with one attached hydrogen (secondary N) is 2. The van der Waals surface area contributed by atoms with Crippen LogP contribution in [-0.2, 0) is 0 Å². The molecule has 3 heterocycles. The third kappa shape index (κ3) is 2.42. The lowest BCUT2D eigenvalue weighted by molar-refractivity contribution is 0.0984. The largest absolute Gasteiger partial charge is 0.497 e. The maximum Gasteiger partial charge on any atom is 0.274 e. The van der Waals surface area contributed by atoms with Gasteiger partial charge in [0, 0.05) is 52.0 Å². The van der Waals surface area contributed by atoms with Crippen LogP contribution >= 0.6 is 11.6 Å². The predicted octanol–water partition coefficient (Wildman–Crippen LogP) is 4.64. The number of benzene rings is 2. The van der Waals surface area contributed by atoms with Gasteiger partial charge >= 0.3 is 0 Å². The van der Waals surface area contributed by atoms with Crippen molar-refractivity contribution in [3.63, 3.8) is 0 Å². The molecule has 0 fully saturated rings. The molecule has 0 radical (unpaired) electrons. The molecule has 136 valence electrons. The Labute approximate surface area is 160 Å². The molecule has 6 heteroatoms. The zero-order valence-electron chi connectivity index (χ0n) is 14.8. The summed E-state index contributed by atoms with van der Waals surface area (Å²) in [6, 6.07) is 13.7. The Hall–Kier alpha value is -2.92. The first-order chi connectivity index (χ1) is 13.2. The fourth-order valence-corrected chi connectivity index (χ4v) is 4.29. The van der Waals surface area contributed by atoms with E-state index in [0.717, 1.165) is 38.8 Å². The molecule has 1 amide bonds. The topological polar surface area (TPSA) is 61.1 Å². The molecular weight excluding hydrogens is 362 g/mol. The Kier molecular flexibility index (Phi) is 3.65. The van der Waals surface area contributed by atoms with Crippen molar-refractivity contribution >= 4 is 45.0 Å². The normalized spacial score (nSPS) is 16.2. The van der Waals surface area contributed by atoms with Crippen LogP contribution in [0.2, 0.25) is 0 Å². The van der Waals surface area contributed by atoms with E-state index in [-0.39, 0.29) is 11.8 Å². The summed E-state index contributed by atoms with van der Waals surface area (Å²) < 4.78 is 5.27. The van der Waals surface area contributed by atoms with Crippen LogP contribution in [0.15, 0.2) is 48.7 Å². The summed E-state index contributed by atoms with van der Waals surface area (Å²) in [5, 5.41) is 2.09. The molecule has 0 unspecified atom stereocenters. The second kappa shape index (κ2) is 6.06. The Balaban J connectivity index is 1.58. The van der Waals surface area contributed by atoms with Gasteiger partial charge in [0.2, 0.25) is 0 Å². The lowest BCUT2D eigenvalue weighted by Crippen LogP contribution is -2.30. The summed E-state index contributed by atoms with van der Waals surface area (Å²) in [5.74, 6) is 1.32.